The highest BCUT2D eigenvalue weighted by atomic mass is 79.9. The Balaban J connectivity index is 1.61. The molecule has 1 saturated heterocycles. The molecule has 2 aromatic rings. The van der Waals surface area contributed by atoms with E-state index in [9.17, 15) is 23.1 Å². The maximum atomic E-state index is 12.8. The van der Waals surface area contributed by atoms with Crippen molar-refractivity contribution in [2.24, 2.45) is 0 Å². The van der Waals surface area contributed by atoms with Crippen LogP contribution in [0.3, 0.4) is 0 Å². The summed E-state index contributed by atoms with van der Waals surface area (Å²) in [4.78, 5) is 16.3. The van der Waals surface area contributed by atoms with E-state index in [0.29, 0.717) is 42.8 Å². The largest absolute Gasteiger partial charge is 0.507 e. The second-order valence-corrected chi connectivity index (χ2v) is 7.34. The molecule has 0 aromatic heterocycles. The lowest BCUT2D eigenvalue weighted by Crippen LogP contribution is -2.48. The van der Waals surface area contributed by atoms with Crippen LogP contribution in [-0.4, -0.2) is 47.0 Å². The molecule has 8 heteroatoms. The number of hydrogen-bond donors (Lipinski definition) is 1. The summed E-state index contributed by atoms with van der Waals surface area (Å²) in [5, 5.41) is 9.90. The van der Waals surface area contributed by atoms with Crippen molar-refractivity contribution in [3.8, 4) is 5.75 Å². The lowest BCUT2D eigenvalue weighted by atomic mass is 10.1. The van der Waals surface area contributed by atoms with E-state index in [-0.39, 0.29) is 17.2 Å². The summed E-state index contributed by atoms with van der Waals surface area (Å²) in [6.45, 7) is 2.40. The van der Waals surface area contributed by atoms with Crippen LogP contribution in [0.1, 0.15) is 21.5 Å². The average molecular weight is 443 g/mol. The second-order valence-electron chi connectivity index (χ2n) is 6.43. The third kappa shape index (κ3) is 4.81. The monoisotopic (exact) mass is 442 g/mol. The van der Waals surface area contributed by atoms with E-state index >= 15 is 0 Å². The summed E-state index contributed by atoms with van der Waals surface area (Å²) in [6, 6.07) is 9.99. The Morgan fingerprint density at radius 2 is 1.78 bits per heavy atom. The van der Waals surface area contributed by atoms with Crippen molar-refractivity contribution in [1.29, 1.82) is 0 Å². The van der Waals surface area contributed by atoms with E-state index < -0.39 is 11.7 Å². The Labute approximate surface area is 163 Å². The first-order valence-electron chi connectivity index (χ1n) is 8.40. The molecule has 4 nitrogen and oxygen atoms in total. The zero-order valence-electron chi connectivity index (χ0n) is 14.3. The first kappa shape index (κ1) is 19.7. The minimum atomic E-state index is -4.35. The molecule has 1 aliphatic heterocycles. The normalized spacial score (nSPS) is 15.8. The molecule has 144 valence electrons. The highest BCUT2D eigenvalue weighted by molar-refractivity contribution is 9.10. The Morgan fingerprint density at radius 3 is 2.44 bits per heavy atom. The number of amides is 1. The van der Waals surface area contributed by atoms with Gasteiger partial charge in [-0.2, -0.15) is 13.2 Å². The number of carbonyl (C=O) groups is 1. The number of rotatable bonds is 3. The summed E-state index contributed by atoms with van der Waals surface area (Å²) < 4.78 is 39.2. The Bertz CT molecular complexity index is 834. The number of hydrogen-bond acceptors (Lipinski definition) is 3. The molecule has 1 fully saturated rings. The summed E-state index contributed by atoms with van der Waals surface area (Å²) in [5.41, 5.74) is 0.170. The zero-order chi connectivity index (χ0) is 19.6. The molecule has 0 bridgehead atoms. The fourth-order valence-electron chi connectivity index (χ4n) is 3.06. The number of carbonyl (C=O) groups excluding carboxylic acids is 1. The van der Waals surface area contributed by atoms with Crippen LogP contribution in [0.15, 0.2) is 46.9 Å². The zero-order valence-corrected chi connectivity index (χ0v) is 15.9. The van der Waals surface area contributed by atoms with Gasteiger partial charge in [0.05, 0.1) is 11.1 Å². The average Bonchev–Trinajstić information content (AvgIpc) is 2.63. The molecule has 0 atom stereocenters. The van der Waals surface area contributed by atoms with Gasteiger partial charge in [0.1, 0.15) is 5.75 Å². The van der Waals surface area contributed by atoms with E-state index in [1.54, 1.807) is 23.1 Å². The summed E-state index contributed by atoms with van der Waals surface area (Å²) >= 11 is 3.28. The highest BCUT2D eigenvalue weighted by Crippen LogP contribution is 2.30. The van der Waals surface area contributed by atoms with Crippen LogP contribution >= 0.6 is 15.9 Å². The van der Waals surface area contributed by atoms with Gasteiger partial charge in [0.15, 0.2) is 0 Å². The van der Waals surface area contributed by atoms with Gasteiger partial charge in [-0.05, 0) is 29.8 Å². The van der Waals surface area contributed by atoms with E-state index in [2.05, 4.69) is 15.9 Å². The van der Waals surface area contributed by atoms with Gasteiger partial charge in [-0.25, -0.2) is 0 Å². The summed E-state index contributed by atoms with van der Waals surface area (Å²) in [6.07, 6.45) is -4.35. The van der Waals surface area contributed by atoms with E-state index in [1.807, 2.05) is 4.90 Å². The van der Waals surface area contributed by atoms with Crippen molar-refractivity contribution in [3.63, 3.8) is 0 Å². The van der Waals surface area contributed by atoms with Crippen LogP contribution in [0, 0.1) is 0 Å². The predicted molar refractivity (Wildman–Crippen MR) is 98.4 cm³/mol. The van der Waals surface area contributed by atoms with Crippen LogP contribution in [0.5, 0.6) is 5.75 Å². The SMILES string of the molecule is O=C(c1cc(Br)ccc1O)N1CCN(Cc2cccc(C(F)(F)F)c2)CC1. The number of piperazine rings is 1. The summed E-state index contributed by atoms with van der Waals surface area (Å²) in [5.74, 6) is -0.331. The molecule has 2 aromatic carbocycles. The van der Waals surface area contributed by atoms with Crippen LogP contribution < -0.4 is 0 Å². The van der Waals surface area contributed by atoms with Crippen LogP contribution in [0.2, 0.25) is 0 Å². The van der Waals surface area contributed by atoms with Gasteiger partial charge in [-0.3, -0.25) is 9.69 Å². The maximum absolute atomic E-state index is 12.8. The Hall–Kier alpha value is -2.06. The third-order valence-corrected chi connectivity index (χ3v) is 5.00. The fraction of sp³-hybridized carbons (Fsp3) is 0.316. The Morgan fingerprint density at radius 1 is 1.07 bits per heavy atom. The number of phenols is 1. The van der Waals surface area contributed by atoms with Gasteiger partial charge >= 0.3 is 6.18 Å². The van der Waals surface area contributed by atoms with Gasteiger partial charge in [-0.15, -0.1) is 0 Å². The third-order valence-electron chi connectivity index (χ3n) is 4.51. The molecular formula is C19H18BrF3N2O2. The van der Waals surface area contributed by atoms with Crippen LogP contribution in [-0.2, 0) is 12.7 Å². The molecule has 0 aliphatic carbocycles. The number of benzene rings is 2. The predicted octanol–water partition coefficient (Wildman–Crippen LogP) is 4.13. The van der Waals surface area contributed by atoms with Gasteiger partial charge in [0.2, 0.25) is 0 Å². The van der Waals surface area contributed by atoms with Gasteiger partial charge in [-0.1, -0.05) is 34.1 Å². The van der Waals surface area contributed by atoms with E-state index in [4.69, 9.17) is 0 Å². The van der Waals surface area contributed by atoms with Crippen LogP contribution in [0.4, 0.5) is 13.2 Å². The molecule has 1 aliphatic rings. The number of aromatic hydroxyl groups is 1. The molecule has 0 unspecified atom stereocenters. The van der Waals surface area contributed by atoms with Crippen molar-refractivity contribution in [3.05, 3.63) is 63.6 Å². The summed E-state index contributed by atoms with van der Waals surface area (Å²) in [7, 11) is 0. The maximum Gasteiger partial charge on any atom is 0.416 e. The molecule has 3 rings (SSSR count). The molecule has 1 amide bonds. The number of halogens is 4. The minimum absolute atomic E-state index is 0.0744. The van der Waals surface area contributed by atoms with Crippen molar-refractivity contribution < 1.29 is 23.1 Å². The second kappa shape index (κ2) is 7.90. The van der Waals surface area contributed by atoms with Gasteiger partial charge < -0.3 is 10.0 Å². The lowest BCUT2D eigenvalue weighted by Gasteiger charge is -2.35. The Kier molecular flexibility index (Phi) is 5.76. The lowest BCUT2D eigenvalue weighted by molar-refractivity contribution is -0.137. The molecule has 0 radical (unpaired) electrons. The molecule has 1 N–H and O–H groups in total. The minimum Gasteiger partial charge on any atom is -0.507 e. The molecule has 0 saturated carbocycles. The smallest absolute Gasteiger partial charge is 0.416 e. The number of nitrogens with zero attached hydrogens (tertiary/aromatic N) is 2. The quantitative estimate of drug-likeness (QED) is 0.776. The van der Waals surface area contributed by atoms with E-state index in [1.165, 1.54) is 12.1 Å². The molecule has 27 heavy (non-hydrogen) atoms. The first-order chi connectivity index (χ1) is 12.7. The number of phenolic OH excluding ortho intramolecular Hbond substituents is 1. The molecule has 1 heterocycles. The van der Waals surface area contributed by atoms with Crippen molar-refractivity contribution in [2.75, 3.05) is 26.2 Å². The van der Waals surface area contributed by atoms with Gasteiger partial charge in [0.25, 0.3) is 5.91 Å². The van der Waals surface area contributed by atoms with Gasteiger partial charge in [0, 0.05) is 37.2 Å². The number of alkyl halides is 3. The molecule has 0 spiro atoms. The van der Waals surface area contributed by atoms with Crippen LogP contribution in [0.25, 0.3) is 0 Å². The topological polar surface area (TPSA) is 43.8 Å². The fourth-order valence-corrected chi connectivity index (χ4v) is 3.42. The standard InChI is InChI=1S/C19H18BrF3N2O2/c20-15-4-5-17(26)16(11-15)18(27)25-8-6-24(7-9-25)12-13-2-1-3-14(10-13)19(21,22)23/h1-5,10-11,26H,6-9,12H2. The highest BCUT2D eigenvalue weighted by Gasteiger charge is 2.30. The molecular weight excluding hydrogens is 425 g/mol. The van der Waals surface area contributed by atoms with Crippen molar-refractivity contribution in [2.45, 2.75) is 12.7 Å². The first-order valence-corrected chi connectivity index (χ1v) is 9.19. The van der Waals surface area contributed by atoms with E-state index in [0.717, 1.165) is 12.1 Å². The van der Waals surface area contributed by atoms with Crippen molar-refractivity contribution >= 4 is 21.8 Å². The van der Waals surface area contributed by atoms with Crippen molar-refractivity contribution in [1.82, 2.24) is 9.80 Å².